The number of hydrogen-bond donors (Lipinski definition) is 1. The molecule has 0 aliphatic carbocycles. The van der Waals surface area contributed by atoms with Gasteiger partial charge in [-0.1, -0.05) is 47.5 Å². The monoisotopic (exact) mass is 479 g/mol. The lowest BCUT2D eigenvalue weighted by Crippen LogP contribution is -2.14. The molecule has 0 fully saturated rings. The highest BCUT2D eigenvalue weighted by Crippen LogP contribution is 2.23. The van der Waals surface area contributed by atoms with E-state index in [0.717, 1.165) is 22.5 Å². The molecule has 1 N–H and O–H groups in total. The third-order valence-electron chi connectivity index (χ3n) is 5.25. The summed E-state index contributed by atoms with van der Waals surface area (Å²) < 4.78 is 7.66. The highest BCUT2D eigenvalue weighted by molar-refractivity contribution is 6.30. The summed E-state index contributed by atoms with van der Waals surface area (Å²) in [5.74, 6) is 0.518. The van der Waals surface area contributed by atoms with Crippen molar-refractivity contribution in [3.8, 4) is 5.75 Å². The molecule has 0 bridgehead atoms. The van der Waals surface area contributed by atoms with Crippen molar-refractivity contribution < 1.29 is 9.53 Å². The molecule has 168 valence electrons. The predicted octanol–water partition coefficient (Wildman–Crippen LogP) is 6.69. The molecule has 1 heterocycles. The van der Waals surface area contributed by atoms with Crippen molar-refractivity contribution >= 4 is 34.8 Å². The molecule has 4 rings (SSSR count). The fourth-order valence-electron chi connectivity index (χ4n) is 3.53. The number of rotatable bonds is 7. The number of anilines is 1. The van der Waals surface area contributed by atoms with Crippen molar-refractivity contribution in [1.29, 1.82) is 0 Å². The molecule has 0 saturated carbocycles. The van der Waals surface area contributed by atoms with Crippen LogP contribution < -0.4 is 10.1 Å². The van der Waals surface area contributed by atoms with Crippen molar-refractivity contribution in [2.45, 2.75) is 27.0 Å². The van der Waals surface area contributed by atoms with Gasteiger partial charge < -0.3 is 10.1 Å². The van der Waals surface area contributed by atoms with E-state index in [0.29, 0.717) is 40.2 Å². The lowest BCUT2D eigenvalue weighted by molar-refractivity contribution is 0.102. The summed E-state index contributed by atoms with van der Waals surface area (Å²) in [6, 6.07) is 22.2. The van der Waals surface area contributed by atoms with E-state index >= 15 is 0 Å². The molecular weight excluding hydrogens is 457 g/mol. The maximum atomic E-state index is 13.0. The SMILES string of the molecule is Cc1nn(Cc2cccc(Cl)c2)c(C)c1NC(=O)c1cccc(COc2ccc(Cl)cc2)c1. The van der Waals surface area contributed by atoms with Gasteiger partial charge in [0.25, 0.3) is 5.91 Å². The Morgan fingerprint density at radius 1 is 0.939 bits per heavy atom. The molecule has 1 amide bonds. The Balaban J connectivity index is 1.45. The number of ether oxygens (including phenoxy) is 1. The normalized spacial score (nSPS) is 10.8. The molecule has 3 aromatic carbocycles. The molecule has 33 heavy (non-hydrogen) atoms. The molecule has 0 aliphatic heterocycles. The molecule has 0 radical (unpaired) electrons. The Morgan fingerprint density at radius 3 is 2.42 bits per heavy atom. The zero-order chi connectivity index (χ0) is 23.4. The molecule has 0 atom stereocenters. The maximum absolute atomic E-state index is 13.0. The Kier molecular flexibility index (Phi) is 7.02. The van der Waals surface area contributed by atoms with Crippen molar-refractivity contribution in [3.05, 3.63) is 111 Å². The molecule has 4 aromatic rings. The first-order valence-corrected chi connectivity index (χ1v) is 11.2. The average Bonchev–Trinajstić information content (AvgIpc) is 3.06. The van der Waals surface area contributed by atoms with Crippen LogP contribution in [-0.2, 0) is 13.2 Å². The maximum Gasteiger partial charge on any atom is 0.255 e. The van der Waals surface area contributed by atoms with Crippen LogP contribution in [-0.4, -0.2) is 15.7 Å². The molecular formula is C26H23Cl2N3O2. The van der Waals surface area contributed by atoms with E-state index in [1.807, 2.05) is 73.1 Å². The van der Waals surface area contributed by atoms with Crippen LogP contribution in [0.3, 0.4) is 0 Å². The summed E-state index contributed by atoms with van der Waals surface area (Å²) in [6.45, 7) is 4.74. The first-order chi connectivity index (χ1) is 15.9. The van der Waals surface area contributed by atoms with Gasteiger partial charge >= 0.3 is 0 Å². The Hall–Kier alpha value is -3.28. The first-order valence-electron chi connectivity index (χ1n) is 10.5. The van der Waals surface area contributed by atoms with E-state index in [9.17, 15) is 4.79 Å². The number of aryl methyl sites for hydroxylation is 1. The van der Waals surface area contributed by atoms with Gasteiger partial charge in [-0.2, -0.15) is 5.10 Å². The van der Waals surface area contributed by atoms with Gasteiger partial charge in [0.1, 0.15) is 12.4 Å². The number of nitrogens with zero attached hydrogens (tertiary/aromatic N) is 2. The zero-order valence-electron chi connectivity index (χ0n) is 18.3. The minimum Gasteiger partial charge on any atom is -0.489 e. The number of halogens is 2. The fraction of sp³-hybridized carbons (Fsp3) is 0.154. The van der Waals surface area contributed by atoms with Crippen LogP contribution in [0.4, 0.5) is 5.69 Å². The van der Waals surface area contributed by atoms with Gasteiger partial charge in [-0.05, 0) is 73.5 Å². The lowest BCUT2D eigenvalue weighted by atomic mass is 10.1. The van der Waals surface area contributed by atoms with Crippen LogP contribution in [0.15, 0.2) is 72.8 Å². The van der Waals surface area contributed by atoms with Gasteiger partial charge in [0.2, 0.25) is 0 Å². The molecule has 5 nitrogen and oxygen atoms in total. The van der Waals surface area contributed by atoms with Crippen LogP contribution >= 0.6 is 23.2 Å². The molecule has 0 unspecified atom stereocenters. The van der Waals surface area contributed by atoms with E-state index in [4.69, 9.17) is 27.9 Å². The fourth-order valence-corrected chi connectivity index (χ4v) is 3.86. The molecule has 0 saturated heterocycles. The van der Waals surface area contributed by atoms with Crippen molar-refractivity contribution in [2.75, 3.05) is 5.32 Å². The number of nitrogens with one attached hydrogen (secondary N) is 1. The van der Waals surface area contributed by atoms with Gasteiger partial charge in [-0.3, -0.25) is 9.48 Å². The number of hydrogen-bond acceptors (Lipinski definition) is 3. The second-order valence-electron chi connectivity index (χ2n) is 7.73. The Bertz CT molecular complexity index is 1280. The van der Waals surface area contributed by atoms with E-state index in [2.05, 4.69) is 10.4 Å². The van der Waals surface area contributed by atoms with E-state index in [1.165, 1.54) is 0 Å². The second kappa shape index (κ2) is 10.1. The summed E-state index contributed by atoms with van der Waals surface area (Å²) >= 11 is 12.0. The van der Waals surface area contributed by atoms with Crippen molar-refractivity contribution in [1.82, 2.24) is 9.78 Å². The topological polar surface area (TPSA) is 56.2 Å². The quantitative estimate of drug-likeness (QED) is 0.321. The van der Waals surface area contributed by atoms with Gasteiger partial charge in [-0.25, -0.2) is 0 Å². The second-order valence-corrected chi connectivity index (χ2v) is 8.60. The number of benzene rings is 3. The molecule has 0 spiro atoms. The van der Waals surface area contributed by atoms with Crippen LogP contribution in [0.25, 0.3) is 0 Å². The van der Waals surface area contributed by atoms with E-state index in [1.54, 1.807) is 18.2 Å². The highest BCUT2D eigenvalue weighted by Gasteiger charge is 2.16. The summed E-state index contributed by atoms with van der Waals surface area (Å²) in [5, 5.41) is 8.95. The van der Waals surface area contributed by atoms with Crippen LogP contribution in [0.2, 0.25) is 10.0 Å². The van der Waals surface area contributed by atoms with Gasteiger partial charge in [0.05, 0.1) is 23.6 Å². The largest absolute Gasteiger partial charge is 0.489 e. The number of amides is 1. The van der Waals surface area contributed by atoms with Crippen molar-refractivity contribution in [2.24, 2.45) is 0 Å². The van der Waals surface area contributed by atoms with Crippen molar-refractivity contribution in [3.63, 3.8) is 0 Å². The van der Waals surface area contributed by atoms with Gasteiger partial charge in [-0.15, -0.1) is 0 Å². The minimum atomic E-state index is -0.197. The average molecular weight is 480 g/mol. The summed E-state index contributed by atoms with van der Waals surface area (Å²) in [5.41, 5.74) is 4.83. The lowest BCUT2D eigenvalue weighted by Gasteiger charge is -2.10. The van der Waals surface area contributed by atoms with Crippen LogP contribution in [0.1, 0.15) is 32.9 Å². The summed E-state index contributed by atoms with van der Waals surface area (Å²) in [7, 11) is 0. The van der Waals surface area contributed by atoms with Gasteiger partial charge in [0, 0.05) is 15.6 Å². The smallest absolute Gasteiger partial charge is 0.255 e. The summed E-state index contributed by atoms with van der Waals surface area (Å²) in [6.07, 6.45) is 0. The first kappa shape index (κ1) is 22.9. The highest BCUT2D eigenvalue weighted by atomic mass is 35.5. The predicted molar refractivity (Wildman–Crippen MR) is 132 cm³/mol. The molecule has 7 heteroatoms. The summed E-state index contributed by atoms with van der Waals surface area (Å²) in [4.78, 5) is 13.0. The van der Waals surface area contributed by atoms with Crippen LogP contribution in [0, 0.1) is 13.8 Å². The minimum absolute atomic E-state index is 0.197. The standard InChI is InChI=1S/C26H23Cl2N3O2/c1-17-25(18(2)31(30-17)15-19-5-4-8-23(28)14-19)29-26(32)21-7-3-6-20(13-21)16-33-24-11-9-22(27)10-12-24/h3-14H,15-16H2,1-2H3,(H,29,32). The number of carbonyl (C=O) groups is 1. The zero-order valence-corrected chi connectivity index (χ0v) is 19.8. The third-order valence-corrected chi connectivity index (χ3v) is 5.74. The number of carbonyl (C=O) groups excluding carboxylic acids is 1. The number of aromatic nitrogens is 2. The third kappa shape index (κ3) is 5.75. The van der Waals surface area contributed by atoms with Crippen LogP contribution in [0.5, 0.6) is 5.75 Å². The van der Waals surface area contributed by atoms with E-state index in [-0.39, 0.29) is 5.91 Å². The van der Waals surface area contributed by atoms with Gasteiger partial charge in [0.15, 0.2) is 0 Å². The molecule has 1 aromatic heterocycles. The Morgan fingerprint density at radius 2 is 1.67 bits per heavy atom. The Labute approximate surface area is 202 Å². The van der Waals surface area contributed by atoms with E-state index < -0.39 is 0 Å². The molecule has 0 aliphatic rings.